The smallest absolute Gasteiger partial charge is 0.385 e. The van der Waals surface area contributed by atoms with Crippen molar-refractivity contribution >= 4 is 29.5 Å². The third-order valence-electron chi connectivity index (χ3n) is 6.13. The summed E-state index contributed by atoms with van der Waals surface area (Å²) in [6, 6.07) is 12.6. The minimum absolute atomic E-state index is 0.00768. The minimum atomic E-state index is -4.61. The third kappa shape index (κ3) is 6.97. The SMILES string of the molecule is O=Cc1ccc(NCCCCC2CCN(C(=O)C(c3ccccc3)C(F)(F)F)CC2)cc1Cl. The van der Waals surface area contributed by atoms with E-state index in [2.05, 4.69) is 5.32 Å². The molecule has 1 aliphatic heterocycles. The Morgan fingerprint density at radius 2 is 1.82 bits per heavy atom. The molecule has 1 aliphatic rings. The third-order valence-corrected chi connectivity index (χ3v) is 6.46. The van der Waals surface area contributed by atoms with Gasteiger partial charge in [0, 0.05) is 30.9 Å². The van der Waals surface area contributed by atoms with E-state index >= 15 is 0 Å². The maximum absolute atomic E-state index is 13.6. The van der Waals surface area contributed by atoms with Crippen LogP contribution < -0.4 is 5.32 Å². The van der Waals surface area contributed by atoms with Crippen molar-refractivity contribution in [2.75, 3.05) is 25.0 Å². The summed E-state index contributed by atoms with van der Waals surface area (Å²) in [7, 11) is 0. The number of likely N-dealkylation sites (tertiary alicyclic amines) is 1. The lowest BCUT2D eigenvalue weighted by Gasteiger charge is -2.35. The van der Waals surface area contributed by atoms with Crippen molar-refractivity contribution in [2.24, 2.45) is 5.92 Å². The Kier molecular flexibility index (Phi) is 8.78. The van der Waals surface area contributed by atoms with E-state index in [0.717, 1.165) is 50.6 Å². The van der Waals surface area contributed by atoms with Gasteiger partial charge in [0.15, 0.2) is 12.2 Å². The van der Waals surface area contributed by atoms with Crippen molar-refractivity contribution in [1.29, 1.82) is 0 Å². The molecule has 0 bridgehead atoms. The fourth-order valence-electron chi connectivity index (χ4n) is 4.27. The number of halogens is 4. The predicted molar refractivity (Wildman–Crippen MR) is 124 cm³/mol. The molecule has 1 atom stereocenters. The van der Waals surface area contributed by atoms with Crippen molar-refractivity contribution < 1.29 is 22.8 Å². The quantitative estimate of drug-likeness (QED) is 0.337. The fourth-order valence-corrected chi connectivity index (χ4v) is 4.49. The molecule has 8 heteroatoms. The molecule has 2 aromatic carbocycles. The minimum Gasteiger partial charge on any atom is -0.385 e. The number of carbonyl (C=O) groups is 2. The first-order chi connectivity index (χ1) is 15.8. The lowest BCUT2D eigenvalue weighted by molar-refractivity contribution is -0.172. The Hall–Kier alpha value is -2.54. The van der Waals surface area contributed by atoms with Crippen LogP contribution in [0.25, 0.3) is 0 Å². The summed E-state index contributed by atoms with van der Waals surface area (Å²) >= 11 is 6.02. The zero-order valence-corrected chi connectivity index (χ0v) is 19.0. The van der Waals surface area contributed by atoms with Gasteiger partial charge in [0.2, 0.25) is 5.91 Å². The number of nitrogens with one attached hydrogen (secondary N) is 1. The van der Waals surface area contributed by atoms with E-state index < -0.39 is 18.0 Å². The van der Waals surface area contributed by atoms with Gasteiger partial charge < -0.3 is 10.2 Å². The molecular formula is C25H28ClF3N2O2. The van der Waals surface area contributed by atoms with E-state index in [1.807, 2.05) is 6.07 Å². The van der Waals surface area contributed by atoms with E-state index in [1.54, 1.807) is 18.2 Å². The van der Waals surface area contributed by atoms with Gasteiger partial charge in [0.05, 0.1) is 5.02 Å². The van der Waals surface area contributed by atoms with Gasteiger partial charge in [-0.05, 0) is 48.9 Å². The number of hydrogen-bond donors (Lipinski definition) is 1. The molecule has 33 heavy (non-hydrogen) atoms. The number of alkyl halides is 3. The Labute approximate surface area is 197 Å². The summed E-state index contributed by atoms with van der Waals surface area (Å²) < 4.78 is 40.9. The van der Waals surface area contributed by atoms with Crippen LogP contribution >= 0.6 is 11.6 Å². The zero-order valence-electron chi connectivity index (χ0n) is 18.3. The van der Waals surface area contributed by atoms with E-state index in [0.29, 0.717) is 29.6 Å². The van der Waals surface area contributed by atoms with Crippen LogP contribution in [0.5, 0.6) is 0 Å². The van der Waals surface area contributed by atoms with E-state index in [4.69, 9.17) is 11.6 Å². The molecule has 1 unspecified atom stereocenters. The Morgan fingerprint density at radius 3 is 2.42 bits per heavy atom. The normalized spacial score (nSPS) is 15.8. The first-order valence-electron chi connectivity index (χ1n) is 11.2. The van der Waals surface area contributed by atoms with Crippen molar-refractivity contribution in [3.63, 3.8) is 0 Å². The fraction of sp³-hybridized carbons (Fsp3) is 0.440. The molecule has 1 saturated heterocycles. The topological polar surface area (TPSA) is 49.4 Å². The lowest BCUT2D eigenvalue weighted by atomic mass is 9.90. The number of piperidine rings is 1. The van der Waals surface area contributed by atoms with Crippen molar-refractivity contribution in [2.45, 2.75) is 44.2 Å². The first kappa shape index (κ1) is 25.1. The number of anilines is 1. The van der Waals surface area contributed by atoms with Gasteiger partial charge in [0.25, 0.3) is 0 Å². The Morgan fingerprint density at radius 1 is 1.12 bits per heavy atom. The second-order valence-electron chi connectivity index (χ2n) is 8.43. The van der Waals surface area contributed by atoms with Crippen LogP contribution in [0.15, 0.2) is 48.5 Å². The largest absolute Gasteiger partial charge is 0.404 e. The molecule has 0 spiro atoms. The Balaban J connectivity index is 1.41. The summed E-state index contributed by atoms with van der Waals surface area (Å²) in [6.45, 7) is 1.49. The molecule has 2 aromatic rings. The molecular weight excluding hydrogens is 453 g/mol. The van der Waals surface area contributed by atoms with Crippen molar-refractivity contribution in [3.05, 3.63) is 64.7 Å². The molecule has 1 heterocycles. The first-order valence-corrected chi connectivity index (χ1v) is 11.6. The van der Waals surface area contributed by atoms with Gasteiger partial charge in [-0.15, -0.1) is 0 Å². The van der Waals surface area contributed by atoms with Crippen LogP contribution in [-0.4, -0.2) is 42.9 Å². The molecule has 1 N–H and O–H groups in total. The molecule has 0 aliphatic carbocycles. The summed E-state index contributed by atoms with van der Waals surface area (Å²) in [5, 5.41) is 3.69. The summed E-state index contributed by atoms with van der Waals surface area (Å²) in [5.74, 6) is -2.54. The molecule has 3 rings (SSSR count). The van der Waals surface area contributed by atoms with Gasteiger partial charge in [0.1, 0.15) is 0 Å². The molecule has 178 valence electrons. The number of benzene rings is 2. The van der Waals surface area contributed by atoms with E-state index in [-0.39, 0.29) is 5.56 Å². The second kappa shape index (κ2) is 11.5. The maximum atomic E-state index is 13.6. The van der Waals surface area contributed by atoms with Gasteiger partial charge in [-0.1, -0.05) is 54.8 Å². The summed E-state index contributed by atoms with van der Waals surface area (Å²) in [6.07, 6.45) is 0.464. The van der Waals surface area contributed by atoms with Crippen LogP contribution in [0.2, 0.25) is 5.02 Å². The molecule has 0 radical (unpaired) electrons. The highest BCUT2D eigenvalue weighted by atomic mass is 35.5. The number of aldehydes is 1. The number of hydrogen-bond acceptors (Lipinski definition) is 3. The van der Waals surface area contributed by atoms with Crippen LogP contribution in [0.3, 0.4) is 0 Å². The zero-order chi connectivity index (χ0) is 23.8. The molecule has 4 nitrogen and oxygen atoms in total. The monoisotopic (exact) mass is 480 g/mol. The number of carbonyl (C=O) groups excluding carboxylic acids is 2. The highest BCUT2D eigenvalue weighted by Gasteiger charge is 2.47. The number of unbranched alkanes of at least 4 members (excludes halogenated alkanes) is 1. The molecule has 0 aromatic heterocycles. The van der Waals surface area contributed by atoms with Crippen molar-refractivity contribution in [1.82, 2.24) is 4.90 Å². The van der Waals surface area contributed by atoms with E-state index in [9.17, 15) is 22.8 Å². The predicted octanol–water partition coefficient (Wildman–Crippen LogP) is 6.32. The number of rotatable bonds is 9. The maximum Gasteiger partial charge on any atom is 0.404 e. The average molecular weight is 481 g/mol. The van der Waals surface area contributed by atoms with Crippen LogP contribution in [-0.2, 0) is 4.79 Å². The lowest BCUT2D eigenvalue weighted by Crippen LogP contribution is -2.44. The molecule has 1 fully saturated rings. The standard InChI is InChI=1S/C25H28ClF3N2O2/c26-22-16-21(10-9-20(22)17-32)30-13-5-4-6-18-11-14-31(15-12-18)24(33)23(25(27,28)29)19-7-2-1-3-8-19/h1-3,7-10,16-18,23,30H,4-6,11-15H2. The number of amides is 1. The van der Waals surface area contributed by atoms with Crippen LogP contribution in [0.4, 0.5) is 18.9 Å². The van der Waals surface area contributed by atoms with Crippen LogP contribution in [0, 0.1) is 5.92 Å². The summed E-state index contributed by atoms with van der Waals surface area (Å²) in [4.78, 5) is 24.9. The van der Waals surface area contributed by atoms with Gasteiger partial charge in [-0.25, -0.2) is 0 Å². The van der Waals surface area contributed by atoms with Gasteiger partial charge >= 0.3 is 6.18 Å². The van der Waals surface area contributed by atoms with Gasteiger partial charge in [-0.2, -0.15) is 13.2 Å². The van der Waals surface area contributed by atoms with Crippen LogP contribution in [0.1, 0.15) is 53.9 Å². The molecule has 0 saturated carbocycles. The van der Waals surface area contributed by atoms with E-state index in [1.165, 1.54) is 29.2 Å². The second-order valence-corrected chi connectivity index (χ2v) is 8.84. The highest BCUT2D eigenvalue weighted by molar-refractivity contribution is 6.33. The average Bonchev–Trinajstić information content (AvgIpc) is 2.79. The highest BCUT2D eigenvalue weighted by Crippen LogP contribution is 2.37. The summed E-state index contributed by atoms with van der Waals surface area (Å²) in [5.41, 5.74) is 1.30. The van der Waals surface area contributed by atoms with Crippen molar-refractivity contribution in [3.8, 4) is 0 Å². The Bertz CT molecular complexity index is 929. The van der Waals surface area contributed by atoms with Gasteiger partial charge in [-0.3, -0.25) is 9.59 Å². The number of nitrogens with zero attached hydrogens (tertiary/aromatic N) is 1. The molecule has 1 amide bonds.